The summed E-state index contributed by atoms with van der Waals surface area (Å²) >= 11 is 18.5. The third-order valence-corrected chi connectivity index (χ3v) is 9.27. The minimum Gasteiger partial charge on any atom is -0.493 e. The SMILES string of the molecule is CCC(C)(C)c1ccc(OCCC(=O)Nc2cccc(C(=O)NC3=NN(c4c(Cl)cc(Cl)cc4Cl)C(=O)C3)c2)c(C(C)(C)CC)c1. The van der Waals surface area contributed by atoms with Gasteiger partial charge in [-0.1, -0.05) is 94.5 Å². The van der Waals surface area contributed by atoms with Crippen LogP contribution < -0.4 is 20.4 Å². The van der Waals surface area contributed by atoms with E-state index < -0.39 is 11.8 Å². The molecule has 0 radical (unpaired) electrons. The Hall–Kier alpha value is -3.59. The molecule has 0 saturated heterocycles. The molecule has 8 nitrogen and oxygen atoms in total. The molecule has 1 heterocycles. The first-order valence-corrected chi connectivity index (χ1v) is 16.3. The van der Waals surface area contributed by atoms with E-state index in [1.807, 2.05) is 6.07 Å². The first kappa shape index (κ1) is 35.3. The number of nitrogens with one attached hydrogen (secondary N) is 2. The number of anilines is 2. The van der Waals surface area contributed by atoms with Crippen LogP contribution in [0.4, 0.5) is 11.4 Å². The molecule has 0 bridgehead atoms. The highest BCUT2D eigenvalue weighted by molar-refractivity contribution is 6.42. The lowest BCUT2D eigenvalue weighted by Gasteiger charge is -2.30. The monoisotopic (exact) mass is 684 g/mol. The average Bonchev–Trinajstić information content (AvgIpc) is 3.35. The number of benzene rings is 3. The van der Waals surface area contributed by atoms with Crippen LogP contribution in [0.3, 0.4) is 0 Å². The summed E-state index contributed by atoms with van der Waals surface area (Å²) in [4.78, 5) is 38.5. The maximum absolute atomic E-state index is 13.0. The minimum absolute atomic E-state index is 0.0464. The van der Waals surface area contributed by atoms with Crippen LogP contribution in [0.25, 0.3) is 0 Å². The fourth-order valence-electron chi connectivity index (χ4n) is 4.83. The van der Waals surface area contributed by atoms with Crippen LogP contribution >= 0.6 is 34.8 Å². The molecule has 0 aliphatic carbocycles. The van der Waals surface area contributed by atoms with E-state index in [0.29, 0.717) is 10.7 Å². The van der Waals surface area contributed by atoms with Crippen molar-refractivity contribution in [1.82, 2.24) is 5.32 Å². The molecule has 3 aromatic carbocycles. The summed E-state index contributed by atoms with van der Waals surface area (Å²) in [5.74, 6) is -0.268. The van der Waals surface area contributed by atoms with Gasteiger partial charge < -0.3 is 15.4 Å². The molecule has 244 valence electrons. The van der Waals surface area contributed by atoms with E-state index in [1.54, 1.807) is 24.3 Å². The number of carbonyl (C=O) groups excluding carboxylic acids is 3. The van der Waals surface area contributed by atoms with Gasteiger partial charge in [0.05, 0.1) is 29.5 Å². The van der Waals surface area contributed by atoms with Crippen LogP contribution in [0.15, 0.2) is 59.7 Å². The van der Waals surface area contributed by atoms with E-state index in [4.69, 9.17) is 39.5 Å². The summed E-state index contributed by atoms with van der Waals surface area (Å²) in [5, 5.41) is 11.3. The van der Waals surface area contributed by atoms with Crippen LogP contribution in [0.1, 0.15) is 88.7 Å². The van der Waals surface area contributed by atoms with Crippen molar-refractivity contribution in [2.24, 2.45) is 5.10 Å². The fourth-order valence-corrected chi connectivity index (χ4v) is 5.81. The van der Waals surface area contributed by atoms with Gasteiger partial charge in [0.25, 0.3) is 11.8 Å². The summed E-state index contributed by atoms with van der Waals surface area (Å²) in [6.07, 6.45) is 1.92. The van der Waals surface area contributed by atoms with Gasteiger partial charge in [0.2, 0.25) is 5.91 Å². The predicted octanol–water partition coefficient (Wildman–Crippen LogP) is 8.91. The molecule has 0 spiro atoms. The van der Waals surface area contributed by atoms with Crippen LogP contribution in [-0.4, -0.2) is 30.2 Å². The molecule has 2 N–H and O–H groups in total. The van der Waals surface area contributed by atoms with Crippen molar-refractivity contribution in [3.05, 3.63) is 86.4 Å². The van der Waals surface area contributed by atoms with E-state index in [-0.39, 0.29) is 63.3 Å². The Labute approximate surface area is 285 Å². The van der Waals surface area contributed by atoms with Crippen LogP contribution in [0, 0.1) is 0 Å². The first-order valence-electron chi connectivity index (χ1n) is 15.2. The number of amidine groups is 1. The molecule has 1 aliphatic heterocycles. The van der Waals surface area contributed by atoms with E-state index in [2.05, 4.69) is 69.4 Å². The lowest BCUT2D eigenvalue weighted by Crippen LogP contribution is -2.29. The van der Waals surface area contributed by atoms with Crippen LogP contribution in [0.2, 0.25) is 15.1 Å². The molecule has 3 aromatic rings. The first-order chi connectivity index (χ1) is 21.6. The van der Waals surface area contributed by atoms with Crippen molar-refractivity contribution in [3.63, 3.8) is 0 Å². The Balaban J connectivity index is 1.38. The van der Waals surface area contributed by atoms with Gasteiger partial charge in [0.15, 0.2) is 0 Å². The summed E-state index contributed by atoms with van der Waals surface area (Å²) in [6.45, 7) is 13.4. The molecular formula is C35H39Cl3N4O4. The van der Waals surface area contributed by atoms with Crippen molar-refractivity contribution in [2.75, 3.05) is 16.9 Å². The molecule has 46 heavy (non-hydrogen) atoms. The molecular weight excluding hydrogens is 647 g/mol. The molecule has 0 aromatic heterocycles. The third-order valence-electron chi connectivity index (χ3n) is 8.48. The second kappa shape index (κ2) is 14.4. The van der Waals surface area contributed by atoms with E-state index in [1.165, 1.54) is 17.7 Å². The number of nitrogens with zero attached hydrogens (tertiary/aromatic N) is 2. The van der Waals surface area contributed by atoms with Crippen molar-refractivity contribution in [2.45, 2.75) is 78.1 Å². The zero-order chi connectivity index (χ0) is 33.8. The smallest absolute Gasteiger partial charge is 0.256 e. The quantitative estimate of drug-likeness (QED) is 0.211. The van der Waals surface area contributed by atoms with Crippen LogP contribution in [-0.2, 0) is 20.4 Å². The maximum Gasteiger partial charge on any atom is 0.256 e. The summed E-state index contributed by atoms with van der Waals surface area (Å²) in [6, 6.07) is 15.7. The largest absolute Gasteiger partial charge is 0.493 e. The highest BCUT2D eigenvalue weighted by Gasteiger charge is 2.30. The van der Waals surface area contributed by atoms with Crippen molar-refractivity contribution in [3.8, 4) is 5.75 Å². The highest BCUT2D eigenvalue weighted by Crippen LogP contribution is 2.39. The molecule has 11 heteroatoms. The number of hydrazone groups is 1. The number of hydrogen-bond acceptors (Lipinski definition) is 5. The predicted molar refractivity (Wildman–Crippen MR) is 187 cm³/mol. The van der Waals surface area contributed by atoms with Gasteiger partial charge in [0.1, 0.15) is 17.3 Å². The van der Waals surface area contributed by atoms with Crippen molar-refractivity contribution >= 4 is 69.7 Å². The normalized spacial score (nSPS) is 13.5. The van der Waals surface area contributed by atoms with Gasteiger partial charge >= 0.3 is 0 Å². The van der Waals surface area contributed by atoms with E-state index in [9.17, 15) is 14.4 Å². The van der Waals surface area contributed by atoms with Gasteiger partial charge in [-0.2, -0.15) is 10.1 Å². The summed E-state index contributed by atoms with van der Waals surface area (Å²) in [5.41, 5.74) is 3.24. The summed E-state index contributed by atoms with van der Waals surface area (Å²) < 4.78 is 6.15. The Morgan fingerprint density at radius 3 is 2.24 bits per heavy atom. The Morgan fingerprint density at radius 2 is 1.59 bits per heavy atom. The number of halogens is 3. The van der Waals surface area contributed by atoms with Crippen molar-refractivity contribution < 1.29 is 19.1 Å². The average molecular weight is 686 g/mol. The van der Waals surface area contributed by atoms with Crippen LogP contribution in [0.5, 0.6) is 5.75 Å². The highest BCUT2D eigenvalue weighted by atomic mass is 35.5. The van der Waals surface area contributed by atoms with Gasteiger partial charge in [-0.15, -0.1) is 0 Å². The van der Waals surface area contributed by atoms with E-state index in [0.717, 1.165) is 29.2 Å². The Bertz CT molecular complexity index is 1660. The lowest BCUT2D eigenvalue weighted by molar-refractivity contribution is -0.117. The van der Waals surface area contributed by atoms with Crippen molar-refractivity contribution in [1.29, 1.82) is 0 Å². The van der Waals surface area contributed by atoms with Gasteiger partial charge in [-0.3, -0.25) is 14.4 Å². The number of hydrogen-bond donors (Lipinski definition) is 2. The second-order valence-electron chi connectivity index (χ2n) is 12.5. The van der Waals surface area contributed by atoms with E-state index >= 15 is 0 Å². The topological polar surface area (TPSA) is 100 Å². The number of carbonyl (C=O) groups is 3. The third kappa shape index (κ3) is 8.21. The Morgan fingerprint density at radius 1 is 0.913 bits per heavy atom. The minimum atomic E-state index is -0.498. The molecule has 3 amide bonds. The molecule has 0 saturated carbocycles. The zero-order valence-electron chi connectivity index (χ0n) is 26.9. The number of ether oxygens (including phenoxy) is 1. The molecule has 0 fully saturated rings. The summed E-state index contributed by atoms with van der Waals surface area (Å²) in [7, 11) is 0. The molecule has 0 atom stereocenters. The molecule has 1 aliphatic rings. The lowest BCUT2D eigenvalue weighted by atomic mass is 9.76. The molecule has 4 rings (SSSR count). The standard InChI is InChI=1S/C35H39Cl3N4O4/c1-7-34(3,4)22-12-13-28(25(17-22)35(5,6)8-2)46-15-14-30(43)39-24-11-9-10-21(16-24)33(45)40-29-20-31(44)42(41-29)32-26(37)18-23(36)19-27(32)38/h9-13,16-19H,7-8,14-15,20H2,1-6H3,(H,39,43)(H,40,41,45). The second-order valence-corrected chi connectivity index (χ2v) is 13.8. The number of amides is 3. The maximum atomic E-state index is 13.0. The van der Waals surface area contributed by atoms with Gasteiger partial charge in [0, 0.05) is 21.8 Å². The Kier molecular flexibility index (Phi) is 11.1. The number of rotatable bonds is 11. The molecule has 0 unspecified atom stereocenters. The van der Waals surface area contributed by atoms with Gasteiger partial charge in [-0.25, -0.2) is 0 Å². The fraction of sp³-hybridized carbons (Fsp3) is 0.371. The zero-order valence-corrected chi connectivity index (χ0v) is 29.2. The van der Waals surface area contributed by atoms with Gasteiger partial charge in [-0.05, 0) is 65.6 Å².